The molecular weight excluding hydrogens is 412 g/mol. The maximum atomic E-state index is 14.3. The Hall–Kier alpha value is -2.54. The fraction of sp³-hybridized carbons (Fsp3) is 0.615. The van der Waals surface area contributed by atoms with Gasteiger partial charge in [-0.2, -0.15) is 0 Å². The van der Waals surface area contributed by atoms with Crippen molar-refractivity contribution in [1.29, 1.82) is 0 Å². The summed E-state index contributed by atoms with van der Waals surface area (Å²) >= 11 is 0. The number of piperidine rings is 3. The molecule has 7 nitrogen and oxygen atoms in total. The topological polar surface area (TPSA) is 65.5 Å². The highest BCUT2D eigenvalue weighted by molar-refractivity contribution is 5.94. The minimum absolute atomic E-state index is 0.0959. The highest BCUT2D eigenvalue weighted by Gasteiger charge is 2.40. The van der Waals surface area contributed by atoms with E-state index in [1.54, 1.807) is 6.20 Å². The van der Waals surface area contributed by atoms with Crippen molar-refractivity contribution in [1.82, 2.24) is 24.8 Å². The van der Waals surface area contributed by atoms with Crippen molar-refractivity contribution in [3.63, 3.8) is 0 Å². The van der Waals surface area contributed by atoms with Crippen LogP contribution in [0.25, 0.3) is 0 Å². The Morgan fingerprint density at radius 3 is 2.58 bits per heavy atom. The highest BCUT2D eigenvalue weighted by atomic mass is 16.2. The summed E-state index contributed by atoms with van der Waals surface area (Å²) in [5, 5.41) is 0. The summed E-state index contributed by atoms with van der Waals surface area (Å²) in [6.07, 6.45) is 12.6. The predicted molar refractivity (Wildman–Crippen MR) is 127 cm³/mol. The molecule has 174 valence electrons. The lowest BCUT2D eigenvalue weighted by Gasteiger charge is -2.49. The fourth-order valence-corrected chi connectivity index (χ4v) is 6.27. The number of carbonyl (C=O) groups is 1. The van der Waals surface area contributed by atoms with Crippen LogP contribution in [0.2, 0.25) is 0 Å². The number of carbonyl (C=O) groups excluding carboxylic acids is 1. The van der Waals surface area contributed by atoms with Crippen LogP contribution >= 0.6 is 0 Å². The van der Waals surface area contributed by atoms with E-state index >= 15 is 0 Å². The number of hydrogen-bond donors (Lipinski definition) is 0. The van der Waals surface area contributed by atoms with Gasteiger partial charge in [0, 0.05) is 55.9 Å². The van der Waals surface area contributed by atoms with Gasteiger partial charge in [0.25, 0.3) is 5.91 Å². The summed E-state index contributed by atoms with van der Waals surface area (Å²) in [6, 6.07) is 4.29. The van der Waals surface area contributed by atoms with Gasteiger partial charge in [0.2, 0.25) is 5.95 Å². The summed E-state index contributed by atoms with van der Waals surface area (Å²) < 4.78 is 0. The molecule has 2 aromatic heterocycles. The maximum absolute atomic E-state index is 14.3. The Labute approximate surface area is 196 Å². The van der Waals surface area contributed by atoms with Gasteiger partial charge in [-0.05, 0) is 82.0 Å². The molecule has 0 aromatic carbocycles. The van der Waals surface area contributed by atoms with Crippen molar-refractivity contribution in [3.8, 4) is 0 Å². The first kappa shape index (κ1) is 21.0. The molecule has 0 radical (unpaired) electrons. The highest BCUT2D eigenvalue weighted by Crippen LogP contribution is 2.34. The van der Waals surface area contributed by atoms with E-state index in [4.69, 9.17) is 9.97 Å². The number of hydrogen-bond acceptors (Lipinski definition) is 6. The molecule has 4 saturated heterocycles. The largest absolute Gasteiger partial charge is 0.341 e. The van der Waals surface area contributed by atoms with Crippen molar-refractivity contribution < 1.29 is 4.79 Å². The monoisotopic (exact) mass is 446 g/mol. The third-order valence-electron chi connectivity index (χ3n) is 8.12. The van der Waals surface area contributed by atoms with E-state index in [9.17, 15) is 4.79 Å². The number of rotatable bonds is 5. The van der Waals surface area contributed by atoms with Crippen molar-refractivity contribution in [2.45, 2.75) is 64.0 Å². The molecule has 2 bridgehead atoms. The molecule has 2 aromatic rings. The average molecular weight is 447 g/mol. The van der Waals surface area contributed by atoms with E-state index in [1.165, 1.54) is 25.7 Å². The summed E-state index contributed by atoms with van der Waals surface area (Å²) in [6.45, 7) is 5.88. The Morgan fingerprint density at radius 1 is 1.03 bits per heavy atom. The number of pyridine rings is 1. The molecule has 1 unspecified atom stereocenters. The SMILES string of the molecule is O=C(c1nc(N2CCCC2)nc2c1CCCC2)N(Cc1cccnc1)C1CN2CCC1CC2. The molecule has 6 heterocycles. The molecule has 7 heteroatoms. The number of aryl methyl sites for hydroxylation is 1. The van der Waals surface area contributed by atoms with Gasteiger partial charge in [-0.25, -0.2) is 9.97 Å². The van der Waals surface area contributed by atoms with Gasteiger partial charge < -0.3 is 14.7 Å². The van der Waals surface area contributed by atoms with E-state index in [0.717, 1.165) is 81.2 Å². The molecule has 5 aliphatic rings. The summed E-state index contributed by atoms with van der Waals surface area (Å²) in [5.74, 6) is 1.44. The van der Waals surface area contributed by atoms with E-state index in [-0.39, 0.29) is 11.9 Å². The zero-order valence-corrected chi connectivity index (χ0v) is 19.5. The van der Waals surface area contributed by atoms with Gasteiger partial charge in [0.05, 0.1) is 0 Å². The molecule has 1 aliphatic carbocycles. The Kier molecular flexibility index (Phi) is 5.74. The van der Waals surface area contributed by atoms with Crippen LogP contribution in [-0.2, 0) is 19.4 Å². The number of nitrogens with zero attached hydrogens (tertiary/aromatic N) is 6. The van der Waals surface area contributed by atoms with Crippen molar-refractivity contribution >= 4 is 11.9 Å². The lowest BCUT2D eigenvalue weighted by molar-refractivity contribution is 0.00420. The number of amides is 1. The molecule has 1 amide bonds. The van der Waals surface area contributed by atoms with Gasteiger partial charge in [-0.3, -0.25) is 9.78 Å². The predicted octanol–water partition coefficient (Wildman–Crippen LogP) is 3.09. The van der Waals surface area contributed by atoms with Crippen molar-refractivity contribution in [3.05, 3.63) is 47.0 Å². The normalized spacial score (nSPS) is 26.3. The van der Waals surface area contributed by atoms with Crippen LogP contribution in [0.15, 0.2) is 24.5 Å². The zero-order chi connectivity index (χ0) is 22.2. The minimum Gasteiger partial charge on any atom is -0.341 e. The third kappa shape index (κ3) is 4.12. The zero-order valence-electron chi connectivity index (χ0n) is 19.5. The van der Waals surface area contributed by atoms with Crippen LogP contribution in [0.4, 0.5) is 5.95 Å². The van der Waals surface area contributed by atoms with E-state index in [2.05, 4.69) is 25.8 Å². The average Bonchev–Trinajstić information content (AvgIpc) is 3.43. The molecule has 0 spiro atoms. The Balaban J connectivity index is 1.39. The fourth-order valence-electron chi connectivity index (χ4n) is 6.27. The van der Waals surface area contributed by atoms with Gasteiger partial charge in [-0.15, -0.1) is 0 Å². The number of anilines is 1. The first-order valence-corrected chi connectivity index (χ1v) is 12.8. The van der Waals surface area contributed by atoms with Crippen molar-refractivity contribution in [2.75, 3.05) is 37.6 Å². The van der Waals surface area contributed by atoms with Crippen LogP contribution in [0.3, 0.4) is 0 Å². The Bertz CT molecular complexity index is 997. The molecule has 0 N–H and O–H groups in total. The molecule has 0 saturated carbocycles. The lowest BCUT2D eigenvalue weighted by atomic mass is 9.82. The maximum Gasteiger partial charge on any atom is 0.273 e. The van der Waals surface area contributed by atoms with Crippen LogP contribution in [0, 0.1) is 5.92 Å². The summed E-state index contributed by atoms with van der Waals surface area (Å²) in [7, 11) is 0. The number of aromatic nitrogens is 3. The minimum atomic E-state index is 0.0959. The first-order chi connectivity index (χ1) is 16.3. The quantitative estimate of drug-likeness (QED) is 0.703. The van der Waals surface area contributed by atoms with E-state index in [1.807, 2.05) is 12.3 Å². The lowest BCUT2D eigenvalue weighted by Crippen LogP contribution is -2.58. The molecule has 4 fully saturated rings. The van der Waals surface area contributed by atoms with E-state index < -0.39 is 0 Å². The van der Waals surface area contributed by atoms with Gasteiger partial charge in [0.15, 0.2) is 0 Å². The third-order valence-corrected chi connectivity index (χ3v) is 8.12. The molecule has 7 rings (SSSR count). The smallest absolute Gasteiger partial charge is 0.273 e. The standard InChI is InChI=1S/C26H34N6O/c33-25(24-21-7-1-2-8-22(21)28-26(29-24)31-12-3-4-13-31)32(17-19-6-5-11-27-16-19)23-18-30-14-9-20(23)10-15-30/h5-6,11,16,20,23H,1-4,7-10,12-15,17-18H2. The molecule has 33 heavy (non-hydrogen) atoms. The van der Waals surface area contributed by atoms with Crippen LogP contribution in [0.5, 0.6) is 0 Å². The van der Waals surface area contributed by atoms with Crippen LogP contribution in [-0.4, -0.2) is 69.4 Å². The van der Waals surface area contributed by atoms with E-state index in [0.29, 0.717) is 18.2 Å². The number of fused-ring (bicyclic) bond motifs is 4. The molecular formula is C26H34N6O. The van der Waals surface area contributed by atoms with Gasteiger partial charge in [-0.1, -0.05) is 6.07 Å². The van der Waals surface area contributed by atoms with Gasteiger partial charge in [0.1, 0.15) is 5.69 Å². The Morgan fingerprint density at radius 2 is 1.85 bits per heavy atom. The summed E-state index contributed by atoms with van der Waals surface area (Å²) in [4.78, 5) is 35.5. The van der Waals surface area contributed by atoms with Crippen LogP contribution < -0.4 is 4.90 Å². The second-order valence-electron chi connectivity index (χ2n) is 10.2. The first-order valence-electron chi connectivity index (χ1n) is 12.8. The molecule has 4 aliphatic heterocycles. The van der Waals surface area contributed by atoms with Gasteiger partial charge >= 0.3 is 0 Å². The molecule has 1 atom stereocenters. The second-order valence-corrected chi connectivity index (χ2v) is 10.2. The van der Waals surface area contributed by atoms with Crippen LogP contribution in [0.1, 0.15) is 65.8 Å². The summed E-state index contributed by atoms with van der Waals surface area (Å²) in [5.41, 5.74) is 3.97. The second kappa shape index (κ2) is 9.01. The van der Waals surface area contributed by atoms with Crippen molar-refractivity contribution in [2.24, 2.45) is 5.92 Å².